The highest BCUT2D eigenvalue weighted by atomic mass is 19.1. The summed E-state index contributed by atoms with van der Waals surface area (Å²) < 4.78 is 26.6. The lowest BCUT2D eigenvalue weighted by molar-refractivity contribution is -0.134. The van der Waals surface area contributed by atoms with Crippen molar-refractivity contribution in [2.45, 2.75) is 33.2 Å². The highest BCUT2D eigenvalue weighted by Crippen LogP contribution is 2.32. The van der Waals surface area contributed by atoms with Gasteiger partial charge in [-0.05, 0) is 54.6 Å². The molecule has 0 heterocycles. The molecular formula is C23H27F2N3O2. The molecule has 30 heavy (non-hydrogen) atoms. The van der Waals surface area contributed by atoms with Gasteiger partial charge in [-0.2, -0.15) is 0 Å². The fraction of sp³-hybridized carbons (Fsp3) is 0.391. The van der Waals surface area contributed by atoms with Gasteiger partial charge in [0.15, 0.2) is 0 Å². The van der Waals surface area contributed by atoms with Crippen LogP contribution in [0.25, 0.3) is 0 Å². The first-order valence-corrected chi connectivity index (χ1v) is 10.0. The molecule has 0 aliphatic heterocycles. The number of hydrogen-bond donors (Lipinski definition) is 2. The number of rotatable bonds is 8. The minimum atomic E-state index is -0.809. The van der Waals surface area contributed by atoms with E-state index in [1.807, 2.05) is 30.9 Å². The van der Waals surface area contributed by atoms with Crippen LogP contribution in [0.4, 0.5) is 14.5 Å². The molecule has 1 aliphatic carbocycles. The third-order valence-corrected chi connectivity index (χ3v) is 5.12. The van der Waals surface area contributed by atoms with Crippen LogP contribution in [0.2, 0.25) is 0 Å². The SMILES string of the molecule is CC(C)(CN)CN(Cc1ccc(NC(=O)c2cc(F)cc(F)c2)cc1)C(=O)C1CC1. The highest BCUT2D eigenvalue weighted by molar-refractivity contribution is 6.04. The second-order valence-electron chi connectivity index (χ2n) is 8.65. The number of halogens is 2. The van der Waals surface area contributed by atoms with Crippen LogP contribution in [0.15, 0.2) is 42.5 Å². The molecule has 160 valence electrons. The third kappa shape index (κ3) is 5.86. The molecule has 1 saturated carbocycles. The smallest absolute Gasteiger partial charge is 0.255 e. The summed E-state index contributed by atoms with van der Waals surface area (Å²) in [6.07, 6.45) is 1.87. The Morgan fingerprint density at radius 1 is 1.10 bits per heavy atom. The molecule has 5 nitrogen and oxygen atoms in total. The van der Waals surface area contributed by atoms with Crippen LogP contribution >= 0.6 is 0 Å². The number of carbonyl (C=O) groups is 2. The van der Waals surface area contributed by atoms with Gasteiger partial charge in [-0.3, -0.25) is 9.59 Å². The van der Waals surface area contributed by atoms with Gasteiger partial charge in [-0.15, -0.1) is 0 Å². The predicted octanol–water partition coefficient (Wildman–Crippen LogP) is 3.94. The van der Waals surface area contributed by atoms with E-state index < -0.39 is 17.5 Å². The first-order valence-electron chi connectivity index (χ1n) is 10.0. The summed E-state index contributed by atoms with van der Waals surface area (Å²) in [5.41, 5.74) is 6.99. The average Bonchev–Trinajstić information content (AvgIpc) is 3.53. The van der Waals surface area contributed by atoms with Gasteiger partial charge in [0.25, 0.3) is 5.91 Å². The van der Waals surface area contributed by atoms with Crippen molar-refractivity contribution in [1.29, 1.82) is 0 Å². The van der Waals surface area contributed by atoms with Crippen LogP contribution in [0.1, 0.15) is 42.6 Å². The molecule has 3 rings (SSSR count). The van der Waals surface area contributed by atoms with Gasteiger partial charge in [0.1, 0.15) is 11.6 Å². The number of anilines is 1. The molecule has 1 fully saturated rings. The molecule has 0 atom stereocenters. The Hall–Kier alpha value is -2.80. The molecule has 2 aromatic rings. The van der Waals surface area contributed by atoms with Crippen molar-refractivity contribution in [1.82, 2.24) is 4.90 Å². The first kappa shape index (κ1) is 21.9. The second kappa shape index (κ2) is 8.92. The number of amides is 2. The number of benzene rings is 2. The largest absolute Gasteiger partial charge is 0.338 e. The van der Waals surface area contributed by atoms with Gasteiger partial charge < -0.3 is 16.0 Å². The van der Waals surface area contributed by atoms with Crippen molar-refractivity contribution in [2.75, 3.05) is 18.4 Å². The Kier molecular flexibility index (Phi) is 6.51. The van der Waals surface area contributed by atoms with Crippen molar-refractivity contribution in [3.05, 3.63) is 65.2 Å². The Labute approximate surface area is 175 Å². The maximum atomic E-state index is 13.3. The quantitative estimate of drug-likeness (QED) is 0.686. The Morgan fingerprint density at radius 3 is 2.23 bits per heavy atom. The molecule has 7 heteroatoms. The van der Waals surface area contributed by atoms with Crippen molar-refractivity contribution in [3.8, 4) is 0 Å². The second-order valence-corrected chi connectivity index (χ2v) is 8.65. The fourth-order valence-corrected chi connectivity index (χ4v) is 3.18. The number of nitrogens with one attached hydrogen (secondary N) is 1. The molecule has 1 aliphatic rings. The zero-order valence-electron chi connectivity index (χ0n) is 17.3. The van der Waals surface area contributed by atoms with Gasteiger partial charge >= 0.3 is 0 Å². The minimum Gasteiger partial charge on any atom is -0.338 e. The van der Waals surface area contributed by atoms with Gasteiger partial charge in [0.2, 0.25) is 5.91 Å². The molecule has 3 N–H and O–H groups in total. The molecule has 0 spiro atoms. The number of nitrogens with zero attached hydrogens (tertiary/aromatic N) is 1. The zero-order chi connectivity index (χ0) is 21.9. The van der Waals surface area contributed by atoms with E-state index in [2.05, 4.69) is 5.32 Å². The summed E-state index contributed by atoms with van der Waals surface area (Å²) >= 11 is 0. The lowest BCUT2D eigenvalue weighted by Gasteiger charge is -2.32. The highest BCUT2D eigenvalue weighted by Gasteiger charge is 2.35. The zero-order valence-corrected chi connectivity index (χ0v) is 17.3. The van der Waals surface area contributed by atoms with E-state index in [0.29, 0.717) is 31.4 Å². The summed E-state index contributed by atoms with van der Waals surface area (Å²) in [4.78, 5) is 26.8. The van der Waals surface area contributed by atoms with Gasteiger partial charge in [0, 0.05) is 36.3 Å². The lowest BCUT2D eigenvalue weighted by Crippen LogP contribution is -2.42. The molecule has 0 bridgehead atoms. The standard InChI is InChI=1S/C23H27F2N3O2/c1-23(2,13-26)14-28(22(30)16-5-6-16)12-15-3-7-20(8-4-15)27-21(29)17-9-18(24)11-19(25)10-17/h3-4,7-11,16H,5-6,12-14,26H2,1-2H3,(H,27,29). The van der Waals surface area contributed by atoms with E-state index in [-0.39, 0.29) is 22.8 Å². The van der Waals surface area contributed by atoms with Crippen molar-refractivity contribution in [3.63, 3.8) is 0 Å². The van der Waals surface area contributed by atoms with Crippen LogP contribution in [-0.4, -0.2) is 29.8 Å². The van der Waals surface area contributed by atoms with Crippen molar-refractivity contribution < 1.29 is 18.4 Å². The third-order valence-electron chi connectivity index (χ3n) is 5.12. The van der Waals surface area contributed by atoms with E-state index in [1.165, 1.54) is 0 Å². The summed E-state index contributed by atoms with van der Waals surface area (Å²) in [5.74, 6) is -1.95. The van der Waals surface area contributed by atoms with E-state index in [9.17, 15) is 18.4 Å². The first-order chi connectivity index (χ1) is 14.2. The number of carbonyl (C=O) groups excluding carboxylic acids is 2. The molecule has 0 aromatic heterocycles. The van der Waals surface area contributed by atoms with Crippen LogP contribution in [0.3, 0.4) is 0 Å². The summed E-state index contributed by atoms with van der Waals surface area (Å²) in [6.45, 7) is 5.58. The maximum absolute atomic E-state index is 13.3. The lowest BCUT2D eigenvalue weighted by atomic mass is 9.92. The van der Waals surface area contributed by atoms with Gasteiger partial charge in [-0.1, -0.05) is 26.0 Å². The van der Waals surface area contributed by atoms with Crippen LogP contribution in [0, 0.1) is 23.0 Å². The number of hydrogen-bond acceptors (Lipinski definition) is 3. The summed E-state index contributed by atoms with van der Waals surface area (Å²) in [5, 5.41) is 2.62. The molecule has 2 aromatic carbocycles. The number of nitrogens with two attached hydrogens (primary N) is 1. The normalized spacial score (nSPS) is 13.8. The van der Waals surface area contributed by atoms with E-state index >= 15 is 0 Å². The molecule has 0 radical (unpaired) electrons. The molecule has 0 unspecified atom stereocenters. The molecular weight excluding hydrogens is 388 g/mol. The van der Waals surface area contributed by atoms with Crippen molar-refractivity contribution >= 4 is 17.5 Å². The van der Waals surface area contributed by atoms with Crippen LogP contribution < -0.4 is 11.1 Å². The monoisotopic (exact) mass is 415 g/mol. The predicted molar refractivity (Wildman–Crippen MR) is 112 cm³/mol. The molecule has 2 amide bonds. The van der Waals surface area contributed by atoms with E-state index in [0.717, 1.165) is 30.5 Å². The average molecular weight is 415 g/mol. The minimum absolute atomic E-state index is 0.0956. The molecule has 0 saturated heterocycles. The van der Waals surface area contributed by atoms with E-state index in [1.54, 1.807) is 12.1 Å². The maximum Gasteiger partial charge on any atom is 0.255 e. The van der Waals surface area contributed by atoms with Gasteiger partial charge in [0.05, 0.1) is 0 Å². The Balaban J connectivity index is 1.67. The van der Waals surface area contributed by atoms with Crippen molar-refractivity contribution in [2.24, 2.45) is 17.1 Å². The van der Waals surface area contributed by atoms with Crippen LogP contribution in [0.5, 0.6) is 0 Å². The summed E-state index contributed by atoms with van der Waals surface area (Å²) in [6, 6.07) is 9.73. The Bertz CT molecular complexity index is 904. The van der Waals surface area contributed by atoms with Crippen LogP contribution in [-0.2, 0) is 11.3 Å². The topological polar surface area (TPSA) is 75.4 Å². The van der Waals surface area contributed by atoms with E-state index in [4.69, 9.17) is 5.73 Å². The van der Waals surface area contributed by atoms with Gasteiger partial charge in [-0.25, -0.2) is 8.78 Å². The summed E-state index contributed by atoms with van der Waals surface area (Å²) in [7, 11) is 0. The fourth-order valence-electron chi connectivity index (χ4n) is 3.18. The Morgan fingerprint density at radius 2 is 1.70 bits per heavy atom.